The smallest absolute Gasteiger partial charge is 0.138 e. The summed E-state index contributed by atoms with van der Waals surface area (Å²) >= 11 is 0. The first-order chi connectivity index (χ1) is 16.3. The van der Waals surface area contributed by atoms with Gasteiger partial charge in [0.15, 0.2) is 0 Å². The van der Waals surface area contributed by atoms with E-state index in [9.17, 15) is 5.26 Å². The summed E-state index contributed by atoms with van der Waals surface area (Å²) in [7, 11) is 0. The van der Waals surface area contributed by atoms with Crippen molar-refractivity contribution < 1.29 is 9.47 Å². The van der Waals surface area contributed by atoms with Gasteiger partial charge in [-0.15, -0.1) is 0 Å². The molecule has 0 aliphatic carbocycles. The average Bonchev–Trinajstić information content (AvgIpc) is 3.24. The monoisotopic (exact) mass is 462 g/mol. The molecule has 4 heterocycles. The van der Waals surface area contributed by atoms with Gasteiger partial charge in [0.1, 0.15) is 24.2 Å². The van der Waals surface area contributed by atoms with Crippen LogP contribution in [0.3, 0.4) is 0 Å². The van der Waals surface area contributed by atoms with Crippen LogP contribution in [0.15, 0.2) is 36.8 Å². The van der Waals surface area contributed by atoms with E-state index in [1.807, 2.05) is 26.1 Å². The predicted molar refractivity (Wildman–Crippen MR) is 133 cm³/mol. The van der Waals surface area contributed by atoms with Gasteiger partial charge in [0.05, 0.1) is 36.2 Å². The Balaban J connectivity index is 1.56. The summed E-state index contributed by atoms with van der Waals surface area (Å²) in [6.07, 6.45) is 5.42. The molecular weight excluding hydrogens is 428 g/mol. The second-order valence-electron chi connectivity index (χ2n) is 9.87. The fraction of sp³-hybridized carbons (Fsp3) is 0.500. The zero-order valence-corrected chi connectivity index (χ0v) is 20.8. The molecule has 3 aromatic rings. The van der Waals surface area contributed by atoms with Crippen LogP contribution in [-0.2, 0) is 4.74 Å². The lowest BCUT2D eigenvalue weighted by Crippen LogP contribution is -2.53. The molecule has 1 saturated heterocycles. The Kier molecular flexibility index (Phi) is 7.05. The van der Waals surface area contributed by atoms with E-state index >= 15 is 0 Å². The minimum atomic E-state index is 0.159. The van der Waals surface area contributed by atoms with Gasteiger partial charge in [0.2, 0.25) is 0 Å². The van der Waals surface area contributed by atoms with Gasteiger partial charge in [-0.05, 0) is 52.8 Å². The second-order valence-corrected chi connectivity index (χ2v) is 9.87. The Hall–Kier alpha value is -3.15. The number of nitrogens with zero attached hydrogens (tertiary/aromatic N) is 6. The third kappa shape index (κ3) is 5.32. The third-order valence-electron chi connectivity index (χ3n) is 6.12. The van der Waals surface area contributed by atoms with Gasteiger partial charge in [-0.2, -0.15) is 10.4 Å². The highest BCUT2D eigenvalue weighted by atomic mass is 16.5. The van der Waals surface area contributed by atoms with E-state index in [4.69, 9.17) is 14.5 Å². The van der Waals surface area contributed by atoms with Crippen molar-refractivity contribution in [1.29, 1.82) is 5.26 Å². The molecule has 0 N–H and O–H groups in total. The van der Waals surface area contributed by atoms with Crippen LogP contribution in [0.1, 0.15) is 40.2 Å². The van der Waals surface area contributed by atoms with Gasteiger partial charge in [0.25, 0.3) is 0 Å². The topological polar surface area (TPSA) is 78.9 Å². The average molecular weight is 463 g/mol. The van der Waals surface area contributed by atoms with Crippen LogP contribution in [0.4, 0.5) is 5.82 Å². The number of piperazine rings is 1. The molecule has 8 heteroatoms. The number of ether oxygens (including phenoxy) is 2. The van der Waals surface area contributed by atoms with E-state index < -0.39 is 0 Å². The maximum Gasteiger partial charge on any atom is 0.138 e. The maximum absolute atomic E-state index is 9.61. The lowest BCUT2D eigenvalue weighted by Gasteiger charge is -2.42. The van der Waals surface area contributed by atoms with Gasteiger partial charge in [-0.1, -0.05) is 0 Å². The Bertz CT molecular complexity index is 1150. The van der Waals surface area contributed by atoms with Crippen LogP contribution < -0.4 is 9.64 Å². The first kappa shape index (κ1) is 24.0. The summed E-state index contributed by atoms with van der Waals surface area (Å²) in [6.45, 7) is 15.7. The summed E-state index contributed by atoms with van der Waals surface area (Å²) in [5.41, 5.74) is 3.25. The standard InChI is InChI=1S/C26H34N6O2/c1-19(2)33-12-13-34-22-14-23(25-21(15-27)17-29-32(25)18-22)20-6-7-24(28-16-20)30-8-10-31(11-9-30)26(3,4)5/h6-7,14,16-19H,8-13H2,1-5H3. The van der Waals surface area contributed by atoms with Gasteiger partial charge in [-0.25, -0.2) is 9.50 Å². The molecular formula is C26H34N6O2. The van der Waals surface area contributed by atoms with Crippen molar-refractivity contribution in [3.63, 3.8) is 0 Å². The largest absolute Gasteiger partial charge is 0.490 e. The maximum atomic E-state index is 9.61. The molecule has 0 atom stereocenters. The highest BCUT2D eigenvalue weighted by molar-refractivity contribution is 5.85. The summed E-state index contributed by atoms with van der Waals surface area (Å²) < 4.78 is 13.2. The third-order valence-corrected chi connectivity index (χ3v) is 6.12. The molecule has 0 saturated carbocycles. The van der Waals surface area contributed by atoms with Crippen molar-refractivity contribution in [2.45, 2.75) is 46.3 Å². The Morgan fingerprint density at radius 1 is 1.09 bits per heavy atom. The van der Waals surface area contributed by atoms with Crippen LogP contribution >= 0.6 is 0 Å². The molecule has 0 aromatic carbocycles. The number of anilines is 1. The van der Waals surface area contributed by atoms with Crippen LogP contribution in [0.25, 0.3) is 16.6 Å². The van der Waals surface area contributed by atoms with Crippen LogP contribution in [0, 0.1) is 11.3 Å². The minimum absolute atomic E-state index is 0.159. The lowest BCUT2D eigenvalue weighted by atomic mass is 10.0. The molecule has 1 aliphatic rings. The highest BCUT2D eigenvalue weighted by Gasteiger charge is 2.26. The molecule has 0 unspecified atom stereocenters. The molecule has 0 radical (unpaired) electrons. The zero-order valence-electron chi connectivity index (χ0n) is 20.8. The molecule has 1 fully saturated rings. The lowest BCUT2D eigenvalue weighted by molar-refractivity contribution is 0.0551. The summed E-state index contributed by atoms with van der Waals surface area (Å²) in [6, 6.07) is 8.32. The Labute approximate surface area is 201 Å². The second kappa shape index (κ2) is 10.00. The Morgan fingerprint density at radius 2 is 1.85 bits per heavy atom. The fourth-order valence-electron chi connectivity index (χ4n) is 4.26. The van der Waals surface area contributed by atoms with Crippen molar-refractivity contribution in [3.8, 4) is 22.9 Å². The first-order valence-electron chi connectivity index (χ1n) is 11.9. The molecule has 1 aliphatic heterocycles. The van der Waals surface area contributed by atoms with Gasteiger partial charge >= 0.3 is 0 Å². The van der Waals surface area contributed by atoms with E-state index in [1.54, 1.807) is 16.9 Å². The molecule has 0 spiro atoms. The van der Waals surface area contributed by atoms with Crippen molar-refractivity contribution in [2.75, 3.05) is 44.3 Å². The number of nitriles is 1. The number of fused-ring (bicyclic) bond motifs is 1. The van der Waals surface area contributed by atoms with Crippen molar-refractivity contribution in [2.24, 2.45) is 0 Å². The fourth-order valence-corrected chi connectivity index (χ4v) is 4.26. The summed E-state index contributed by atoms with van der Waals surface area (Å²) in [5.74, 6) is 1.64. The van der Waals surface area contributed by atoms with E-state index in [0.717, 1.165) is 48.6 Å². The van der Waals surface area contributed by atoms with Crippen molar-refractivity contribution >= 4 is 11.3 Å². The number of rotatable bonds is 7. The van der Waals surface area contributed by atoms with E-state index in [-0.39, 0.29) is 11.6 Å². The number of hydrogen-bond donors (Lipinski definition) is 0. The highest BCUT2D eigenvalue weighted by Crippen LogP contribution is 2.31. The van der Waals surface area contributed by atoms with E-state index in [1.165, 1.54) is 0 Å². The SMILES string of the molecule is CC(C)OCCOc1cc(-c2ccc(N3CCN(C(C)(C)C)CC3)nc2)c2c(C#N)cnn2c1. The van der Waals surface area contributed by atoms with Crippen molar-refractivity contribution in [1.82, 2.24) is 19.5 Å². The van der Waals surface area contributed by atoms with Gasteiger partial charge in [-0.3, -0.25) is 4.90 Å². The molecule has 34 heavy (non-hydrogen) atoms. The molecule has 8 nitrogen and oxygen atoms in total. The number of hydrogen-bond acceptors (Lipinski definition) is 7. The molecule has 0 bridgehead atoms. The van der Waals surface area contributed by atoms with Crippen LogP contribution in [0.5, 0.6) is 5.75 Å². The Morgan fingerprint density at radius 3 is 2.47 bits per heavy atom. The molecule has 3 aromatic heterocycles. The van der Waals surface area contributed by atoms with Crippen LogP contribution in [0.2, 0.25) is 0 Å². The predicted octanol–water partition coefficient (Wildman–Crippen LogP) is 3.99. The van der Waals surface area contributed by atoms with E-state index in [2.05, 4.69) is 53.9 Å². The molecule has 0 amide bonds. The number of aromatic nitrogens is 3. The minimum Gasteiger partial charge on any atom is -0.490 e. The van der Waals surface area contributed by atoms with Crippen molar-refractivity contribution in [3.05, 3.63) is 42.4 Å². The zero-order chi connectivity index (χ0) is 24.3. The van der Waals surface area contributed by atoms with Gasteiger partial charge < -0.3 is 14.4 Å². The normalized spacial score (nSPS) is 15.1. The number of pyridine rings is 2. The molecule has 4 rings (SSSR count). The summed E-state index contributed by atoms with van der Waals surface area (Å²) in [4.78, 5) is 9.61. The summed E-state index contributed by atoms with van der Waals surface area (Å²) in [5, 5.41) is 14.0. The van der Waals surface area contributed by atoms with Gasteiger partial charge in [0, 0.05) is 49.0 Å². The quantitative estimate of drug-likeness (QED) is 0.491. The van der Waals surface area contributed by atoms with Crippen LogP contribution in [-0.4, -0.2) is 70.5 Å². The first-order valence-corrected chi connectivity index (χ1v) is 11.9. The van der Waals surface area contributed by atoms with E-state index in [0.29, 0.717) is 24.5 Å². The molecule has 180 valence electrons.